The molecular formula is C22H22N6. The standard InChI is InChI=1S/C22H22N6/c23-14-16-3-1-4-17(12-16)19(24)7-9-21(25)28-22(26)13-15-6-8-20-18(11-15)5-2-10-27-20/h1-12,24H,13-14,23H2,(H3,25,26,28)/b9-7-,24-19?. The van der Waals surface area contributed by atoms with E-state index >= 15 is 0 Å². The first-order valence-corrected chi connectivity index (χ1v) is 8.86. The van der Waals surface area contributed by atoms with E-state index < -0.39 is 0 Å². The summed E-state index contributed by atoms with van der Waals surface area (Å²) < 4.78 is 0. The highest BCUT2D eigenvalue weighted by Gasteiger charge is 2.02. The first-order valence-electron chi connectivity index (χ1n) is 8.86. The molecule has 0 saturated heterocycles. The first kappa shape index (κ1) is 19.1. The Labute approximate surface area is 163 Å². The fraction of sp³-hybridized carbons (Fsp3) is 0.0909. The average molecular weight is 370 g/mol. The first-order chi connectivity index (χ1) is 13.5. The molecule has 0 spiro atoms. The number of hydrogen-bond donors (Lipinski definition) is 4. The van der Waals surface area contributed by atoms with E-state index in [0.717, 1.165) is 27.6 Å². The Bertz CT molecular complexity index is 1080. The number of rotatable bonds is 6. The van der Waals surface area contributed by atoms with Gasteiger partial charge in [0, 0.05) is 24.5 Å². The van der Waals surface area contributed by atoms with Crippen molar-refractivity contribution in [2.45, 2.75) is 13.0 Å². The topological polar surface area (TPSA) is 125 Å². The van der Waals surface area contributed by atoms with Crippen LogP contribution in [0.4, 0.5) is 0 Å². The van der Waals surface area contributed by atoms with E-state index in [1.165, 1.54) is 12.2 Å². The molecule has 0 unspecified atom stereocenters. The van der Waals surface area contributed by atoms with Crippen molar-refractivity contribution >= 4 is 28.3 Å². The number of hydrogen-bond acceptors (Lipinski definition) is 4. The predicted octanol–water partition coefficient (Wildman–Crippen LogP) is 3.19. The summed E-state index contributed by atoms with van der Waals surface area (Å²) in [7, 11) is 0. The second kappa shape index (κ2) is 8.83. The highest BCUT2D eigenvalue weighted by molar-refractivity contribution is 6.11. The van der Waals surface area contributed by atoms with E-state index in [9.17, 15) is 0 Å². The molecule has 0 aliphatic heterocycles. The minimum atomic E-state index is -0.000291. The van der Waals surface area contributed by atoms with Crippen molar-refractivity contribution in [3.63, 3.8) is 0 Å². The molecule has 1 aromatic heterocycles. The largest absolute Gasteiger partial charge is 0.387 e. The van der Waals surface area contributed by atoms with Crippen LogP contribution in [-0.2, 0) is 13.0 Å². The van der Waals surface area contributed by atoms with Gasteiger partial charge in [-0.25, -0.2) is 4.99 Å². The molecule has 0 aliphatic rings. The van der Waals surface area contributed by atoms with E-state index in [2.05, 4.69) is 9.98 Å². The molecule has 140 valence electrons. The van der Waals surface area contributed by atoms with Crippen LogP contribution in [-0.4, -0.2) is 22.4 Å². The fourth-order valence-electron chi connectivity index (χ4n) is 2.80. The van der Waals surface area contributed by atoms with Crippen molar-refractivity contribution in [1.82, 2.24) is 4.98 Å². The predicted molar refractivity (Wildman–Crippen MR) is 115 cm³/mol. The van der Waals surface area contributed by atoms with Crippen LogP contribution in [0.15, 0.2) is 77.9 Å². The Hall–Kier alpha value is -3.64. The lowest BCUT2D eigenvalue weighted by Gasteiger charge is -2.04. The molecule has 3 rings (SSSR count). The molecule has 1 heterocycles. The van der Waals surface area contributed by atoms with E-state index in [0.29, 0.717) is 18.8 Å². The lowest BCUT2D eigenvalue weighted by molar-refractivity contribution is 1.07. The van der Waals surface area contributed by atoms with Crippen LogP contribution in [0, 0.1) is 10.8 Å². The Balaban J connectivity index is 1.65. The van der Waals surface area contributed by atoms with Gasteiger partial charge in [0.2, 0.25) is 0 Å². The summed E-state index contributed by atoms with van der Waals surface area (Å²) in [5.74, 6) is 0.342. The number of aromatic nitrogens is 1. The van der Waals surface area contributed by atoms with Crippen LogP contribution in [0.3, 0.4) is 0 Å². The Morgan fingerprint density at radius 2 is 1.86 bits per heavy atom. The zero-order chi connectivity index (χ0) is 19.9. The molecule has 0 atom stereocenters. The second-order valence-corrected chi connectivity index (χ2v) is 6.35. The van der Waals surface area contributed by atoms with Gasteiger partial charge in [-0.05, 0) is 53.1 Å². The quantitative estimate of drug-likeness (QED) is 0.393. The zero-order valence-corrected chi connectivity index (χ0v) is 15.4. The summed E-state index contributed by atoms with van der Waals surface area (Å²) in [6, 6.07) is 17.3. The zero-order valence-electron chi connectivity index (χ0n) is 15.4. The molecule has 0 radical (unpaired) electrons. The van der Waals surface area contributed by atoms with Crippen LogP contribution in [0.2, 0.25) is 0 Å². The van der Waals surface area contributed by atoms with Gasteiger partial charge in [0.25, 0.3) is 0 Å². The van der Waals surface area contributed by atoms with Gasteiger partial charge in [0.1, 0.15) is 11.7 Å². The molecule has 0 aliphatic carbocycles. The number of nitrogens with two attached hydrogens (primary N) is 2. The van der Waals surface area contributed by atoms with Crippen molar-refractivity contribution in [1.29, 1.82) is 10.8 Å². The molecule has 28 heavy (non-hydrogen) atoms. The van der Waals surface area contributed by atoms with Gasteiger partial charge in [-0.15, -0.1) is 0 Å². The highest BCUT2D eigenvalue weighted by Crippen LogP contribution is 2.13. The molecule has 0 fully saturated rings. The maximum atomic E-state index is 8.12. The van der Waals surface area contributed by atoms with Gasteiger partial charge < -0.3 is 16.9 Å². The molecule has 2 aromatic carbocycles. The van der Waals surface area contributed by atoms with E-state index in [-0.39, 0.29) is 11.5 Å². The van der Waals surface area contributed by atoms with E-state index in [4.69, 9.17) is 22.3 Å². The summed E-state index contributed by atoms with van der Waals surface area (Å²) >= 11 is 0. The minimum Gasteiger partial charge on any atom is -0.387 e. The monoisotopic (exact) mass is 370 g/mol. The summed E-state index contributed by atoms with van der Waals surface area (Å²) in [6.45, 7) is 0.423. The van der Waals surface area contributed by atoms with Crippen LogP contribution in [0.1, 0.15) is 16.7 Å². The summed E-state index contributed by atoms with van der Waals surface area (Å²) in [6.07, 6.45) is 5.21. The summed E-state index contributed by atoms with van der Waals surface area (Å²) in [5.41, 5.74) is 15.5. The minimum absolute atomic E-state index is 0.000291. The Kier molecular flexibility index (Phi) is 6.04. The SMILES string of the molecule is N=C(/C=C\C(=N)c1cccc(CN)c1)N=C(N)Cc1ccc2ncccc2c1. The van der Waals surface area contributed by atoms with E-state index in [1.807, 2.05) is 54.6 Å². The van der Waals surface area contributed by atoms with Crippen LogP contribution in [0.25, 0.3) is 10.9 Å². The van der Waals surface area contributed by atoms with Crippen molar-refractivity contribution in [2.75, 3.05) is 0 Å². The molecule has 6 N–H and O–H groups in total. The Morgan fingerprint density at radius 3 is 2.68 bits per heavy atom. The van der Waals surface area contributed by atoms with Crippen LogP contribution in [0.5, 0.6) is 0 Å². The highest BCUT2D eigenvalue weighted by atomic mass is 14.9. The number of amidine groups is 2. The van der Waals surface area contributed by atoms with Gasteiger partial charge in [0.05, 0.1) is 11.2 Å². The third kappa shape index (κ3) is 4.96. The molecule has 0 bridgehead atoms. The third-order valence-electron chi connectivity index (χ3n) is 4.20. The number of nitrogens with one attached hydrogen (secondary N) is 2. The number of fused-ring (bicyclic) bond motifs is 1. The van der Waals surface area contributed by atoms with Gasteiger partial charge in [-0.2, -0.15) is 0 Å². The average Bonchev–Trinajstić information content (AvgIpc) is 2.71. The van der Waals surface area contributed by atoms with Crippen LogP contribution < -0.4 is 11.5 Å². The van der Waals surface area contributed by atoms with Gasteiger partial charge >= 0.3 is 0 Å². The maximum Gasteiger partial charge on any atom is 0.146 e. The second-order valence-electron chi connectivity index (χ2n) is 6.35. The van der Waals surface area contributed by atoms with Gasteiger partial charge in [-0.1, -0.05) is 30.3 Å². The molecule has 6 nitrogen and oxygen atoms in total. The smallest absolute Gasteiger partial charge is 0.146 e. The normalized spacial score (nSPS) is 11.8. The lowest BCUT2D eigenvalue weighted by Crippen LogP contribution is -2.16. The number of benzene rings is 2. The fourth-order valence-corrected chi connectivity index (χ4v) is 2.80. The van der Waals surface area contributed by atoms with Crippen molar-refractivity contribution in [3.8, 4) is 0 Å². The molecule has 3 aromatic rings. The number of pyridine rings is 1. The summed E-state index contributed by atoms with van der Waals surface area (Å²) in [4.78, 5) is 8.41. The van der Waals surface area contributed by atoms with E-state index in [1.54, 1.807) is 6.20 Å². The van der Waals surface area contributed by atoms with Crippen molar-refractivity contribution in [2.24, 2.45) is 16.5 Å². The Morgan fingerprint density at radius 1 is 1.00 bits per heavy atom. The number of nitrogens with zero attached hydrogens (tertiary/aromatic N) is 2. The maximum absolute atomic E-state index is 8.12. The van der Waals surface area contributed by atoms with Gasteiger partial charge in [-0.3, -0.25) is 10.4 Å². The molecule has 0 amide bonds. The molecule has 0 saturated carbocycles. The van der Waals surface area contributed by atoms with Crippen LogP contribution >= 0.6 is 0 Å². The number of allylic oxidation sites excluding steroid dienone is 1. The molecule has 6 heteroatoms. The van der Waals surface area contributed by atoms with Crippen molar-refractivity contribution < 1.29 is 0 Å². The van der Waals surface area contributed by atoms with Crippen molar-refractivity contribution in [3.05, 3.63) is 89.6 Å². The third-order valence-corrected chi connectivity index (χ3v) is 4.20. The van der Waals surface area contributed by atoms with Gasteiger partial charge in [0.15, 0.2) is 0 Å². The summed E-state index contributed by atoms with van der Waals surface area (Å²) in [5, 5.41) is 17.1. The molecular weight excluding hydrogens is 348 g/mol. The number of aliphatic imine (C=N–C) groups is 1. The lowest BCUT2D eigenvalue weighted by atomic mass is 10.1.